The van der Waals surface area contributed by atoms with Crippen LogP contribution >= 0.6 is 0 Å². The van der Waals surface area contributed by atoms with E-state index >= 15 is 0 Å². The maximum absolute atomic E-state index is 12.3. The van der Waals surface area contributed by atoms with Gasteiger partial charge in [0.05, 0.1) is 17.5 Å². The van der Waals surface area contributed by atoms with E-state index < -0.39 is 11.0 Å². The van der Waals surface area contributed by atoms with Crippen LogP contribution in [0.15, 0.2) is 18.2 Å². The standard InChI is InChI=1S/C16H22N4O4/c1-10(2)15(17)16(22)18-8-14(21)19-6-5-11-3-4-13(20(23)24)7-12(11)9-19/h3-4,7,10,15H,5-6,8-9,17H2,1-2H3,(H,18,22)/t15-/m0/s1. The third-order valence-corrected chi connectivity index (χ3v) is 4.20. The van der Waals surface area contributed by atoms with E-state index in [0.717, 1.165) is 11.1 Å². The molecule has 0 saturated carbocycles. The normalized spacial score (nSPS) is 14.9. The van der Waals surface area contributed by atoms with Crippen LogP contribution in [0.4, 0.5) is 5.69 Å². The van der Waals surface area contributed by atoms with Gasteiger partial charge in [0, 0.05) is 25.2 Å². The van der Waals surface area contributed by atoms with Gasteiger partial charge in [-0.15, -0.1) is 0 Å². The maximum Gasteiger partial charge on any atom is 0.269 e. The molecule has 2 rings (SSSR count). The lowest BCUT2D eigenvalue weighted by atomic mass is 9.99. The van der Waals surface area contributed by atoms with Gasteiger partial charge in [0.2, 0.25) is 11.8 Å². The van der Waals surface area contributed by atoms with Crippen LogP contribution in [-0.2, 0) is 22.6 Å². The third-order valence-electron chi connectivity index (χ3n) is 4.20. The fraction of sp³-hybridized carbons (Fsp3) is 0.500. The van der Waals surface area contributed by atoms with E-state index in [-0.39, 0.29) is 30.0 Å². The minimum absolute atomic E-state index is 0.0116. The molecule has 1 aromatic carbocycles. The first-order valence-electron chi connectivity index (χ1n) is 7.87. The van der Waals surface area contributed by atoms with Crippen LogP contribution in [0, 0.1) is 16.0 Å². The predicted molar refractivity (Wildman–Crippen MR) is 88.0 cm³/mol. The molecule has 1 aliphatic heterocycles. The summed E-state index contributed by atoms with van der Waals surface area (Å²) in [7, 11) is 0. The molecule has 8 nitrogen and oxygen atoms in total. The van der Waals surface area contributed by atoms with Crippen molar-refractivity contribution in [3.63, 3.8) is 0 Å². The maximum atomic E-state index is 12.3. The second-order valence-electron chi connectivity index (χ2n) is 6.26. The molecule has 0 radical (unpaired) electrons. The summed E-state index contributed by atoms with van der Waals surface area (Å²) in [6.45, 7) is 4.38. The molecule has 0 spiro atoms. The van der Waals surface area contributed by atoms with Crippen molar-refractivity contribution in [3.8, 4) is 0 Å². The zero-order valence-electron chi connectivity index (χ0n) is 13.8. The van der Waals surface area contributed by atoms with Gasteiger partial charge in [-0.05, 0) is 23.5 Å². The first-order chi connectivity index (χ1) is 11.3. The number of nitrogens with two attached hydrogens (primary N) is 1. The molecule has 130 valence electrons. The van der Waals surface area contributed by atoms with Crippen LogP contribution in [0.1, 0.15) is 25.0 Å². The minimum atomic E-state index is -0.650. The molecule has 1 heterocycles. The molecule has 0 fully saturated rings. The molecule has 1 atom stereocenters. The van der Waals surface area contributed by atoms with Crippen LogP contribution in [-0.4, -0.2) is 40.8 Å². The lowest BCUT2D eigenvalue weighted by molar-refractivity contribution is -0.385. The molecule has 3 N–H and O–H groups in total. The van der Waals surface area contributed by atoms with E-state index in [1.54, 1.807) is 11.0 Å². The van der Waals surface area contributed by atoms with Gasteiger partial charge in [-0.25, -0.2) is 0 Å². The average Bonchev–Trinajstić information content (AvgIpc) is 2.57. The molecular formula is C16H22N4O4. The van der Waals surface area contributed by atoms with Crippen LogP contribution in [0.5, 0.6) is 0 Å². The predicted octanol–water partition coefficient (Wildman–Crippen LogP) is 0.579. The number of hydrogen-bond donors (Lipinski definition) is 2. The van der Waals surface area contributed by atoms with Crippen molar-refractivity contribution in [1.82, 2.24) is 10.2 Å². The number of benzene rings is 1. The molecule has 8 heteroatoms. The zero-order valence-corrected chi connectivity index (χ0v) is 13.8. The van der Waals surface area contributed by atoms with Gasteiger partial charge in [-0.3, -0.25) is 19.7 Å². The van der Waals surface area contributed by atoms with E-state index in [1.807, 2.05) is 13.8 Å². The molecular weight excluding hydrogens is 312 g/mol. The Hall–Kier alpha value is -2.48. The van der Waals surface area contributed by atoms with Crippen molar-refractivity contribution in [2.24, 2.45) is 11.7 Å². The molecule has 0 saturated heterocycles. The number of nitrogens with zero attached hydrogens (tertiary/aromatic N) is 2. The van der Waals surface area contributed by atoms with Crippen LogP contribution in [0.25, 0.3) is 0 Å². The number of nitro groups is 1. The number of hydrogen-bond acceptors (Lipinski definition) is 5. The Balaban J connectivity index is 1.97. The van der Waals surface area contributed by atoms with Crippen molar-refractivity contribution in [2.75, 3.05) is 13.1 Å². The number of carbonyl (C=O) groups excluding carboxylic acids is 2. The Morgan fingerprint density at radius 3 is 2.71 bits per heavy atom. The number of rotatable bonds is 5. The van der Waals surface area contributed by atoms with Crippen molar-refractivity contribution in [2.45, 2.75) is 32.9 Å². The van der Waals surface area contributed by atoms with E-state index in [4.69, 9.17) is 5.73 Å². The molecule has 24 heavy (non-hydrogen) atoms. The van der Waals surface area contributed by atoms with Crippen LogP contribution < -0.4 is 11.1 Å². The van der Waals surface area contributed by atoms with E-state index in [0.29, 0.717) is 19.5 Å². The fourth-order valence-corrected chi connectivity index (χ4v) is 2.57. The van der Waals surface area contributed by atoms with Gasteiger partial charge >= 0.3 is 0 Å². The molecule has 0 aromatic heterocycles. The number of carbonyl (C=O) groups is 2. The van der Waals surface area contributed by atoms with E-state index in [1.165, 1.54) is 12.1 Å². The number of nitrogens with one attached hydrogen (secondary N) is 1. The number of nitro benzene ring substituents is 1. The summed E-state index contributed by atoms with van der Waals surface area (Å²) in [5, 5.41) is 13.4. The zero-order chi connectivity index (χ0) is 17.9. The summed E-state index contributed by atoms with van der Waals surface area (Å²) < 4.78 is 0. The molecule has 1 aromatic rings. The summed E-state index contributed by atoms with van der Waals surface area (Å²) in [6.07, 6.45) is 0.637. The van der Waals surface area contributed by atoms with Crippen LogP contribution in [0.2, 0.25) is 0 Å². The van der Waals surface area contributed by atoms with E-state index in [2.05, 4.69) is 5.32 Å². The quantitative estimate of drug-likeness (QED) is 0.603. The monoisotopic (exact) mass is 334 g/mol. The number of non-ortho nitro benzene ring substituents is 1. The smallest absolute Gasteiger partial charge is 0.269 e. The molecule has 0 unspecified atom stereocenters. The Morgan fingerprint density at radius 1 is 1.38 bits per heavy atom. The SMILES string of the molecule is CC(C)[C@H](N)C(=O)NCC(=O)N1CCc2ccc([N+](=O)[O-])cc2C1. The largest absolute Gasteiger partial charge is 0.346 e. The summed E-state index contributed by atoms with van der Waals surface area (Å²) in [4.78, 5) is 36.1. The highest BCUT2D eigenvalue weighted by atomic mass is 16.6. The molecule has 0 bridgehead atoms. The Kier molecular flexibility index (Phi) is 5.50. The Labute approximate surface area is 140 Å². The van der Waals surface area contributed by atoms with Gasteiger partial charge < -0.3 is 16.0 Å². The molecule has 1 aliphatic rings. The Morgan fingerprint density at radius 2 is 2.08 bits per heavy atom. The summed E-state index contributed by atoms with van der Waals surface area (Å²) in [5.41, 5.74) is 7.53. The fourth-order valence-electron chi connectivity index (χ4n) is 2.57. The summed E-state index contributed by atoms with van der Waals surface area (Å²) in [5.74, 6) is -0.592. The van der Waals surface area contributed by atoms with E-state index in [9.17, 15) is 19.7 Å². The highest BCUT2D eigenvalue weighted by Crippen LogP contribution is 2.23. The first-order valence-corrected chi connectivity index (χ1v) is 7.87. The highest BCUT2D eigenvalue weighted by molar-refractivity contribution is 5.87. The number of fused-ring (bicyclic) bond motifs is 1. The van der Waals surface area contributed by atoms with Gasteiger partial charge in [-0.2, -0.15) is 0 Å². The Bertz CT molecular complexity index is 659. The molecule has 0 aliphatic carbocycles. The second-order valence-corrected chi connectivity index (χ2v) is 6.26. The summed E-state index contributed by atoms with van der Waals surface area (Å²) in [6, 6.07) is 4.06. The van der Waals surface area contributed by atoms with Crippen LogP contribution in [0.3, 0.4) is 0 Å². The summed E-state index contributed by atoms with van der Waals surface area (Å²) >= 11 is 0. The van der Waals surface area contributed by atoms with Crippen molar-refractivity contribution >= 4 is 17.5 Å². The lowest BCUT2D eigenvalue weighted by Crippen LogP contribution is -2.48. The average molecular weight is 334 g/mol. The second kappa shape index (κ2) is 7.39. The third kappa shape index (κ3) is 4.08. The lowest BCUT2D eigenvalue weighted by Gasteiger charge is -2.29. The van der Waals surface area contributed by atoms with Gasteiger partial charge in [-0.1, -0.05) is 19.9 Å². The van der Waals surface area contributed by atoms with Crippen molar-refractivity contribution in [3.05, 3.63) is 39.4 Å². The van der Waals surface area contributed by atoms with Crippen molar-refractivity contribution < 1.29 is 14.5 Å². The highest BCUT2D eigenvalue weighted by Gasteiger charge is 2.24. The molecule has 2 amide bonds. The van der Waals surface area contributed by atoms with Gasteiger partial charge in [0.1, 0.15) is 0 Å². The topological polar surface area (TPSA) is 119 Å². The van der Waals surface area contributed by atoms with Crippen molar-refractivity contribution in [1.29, 1.82) is 0 Å². The first kappa shape index (κ1) is 17.9. The number of amides is 2. The van der Waals surface area contributed by atoms with Gasteiger partial charge in [0.25, 0.3) is 5.69 Å². The minimum Gasteiger partial charge on any atom is -0.346 e. The van der Waals surface area contributed by atoms with Gasteiger partial charge in [0.15, 0.2) is 0 Å².